The van der Waals surface area contributed by atoms with Crippen LogP contribution in [0.2, 0.25) is 5.02 Å². The summed E-state index contributed by atoms with van der Waals surface area (Å²) in [5, 5.41) is 12.0. The third-order valence-corrected chi connectivity index (χ3v) is 4.95. The lowest BCUT2D eigenvalue weighted by molar-refractivity contribution is -0.113. The van der Waals surface area contributed by atoms with Gasteiger partial charge in [-0.25, -0.2) is 4.68 Å². The van der Waals surface area contributed by atoms with Crippen molar-refractivity contribution in [2.24, 2.45) is 0 Å². The molecular formula is C19H20ClN5O2S. The Labute approximate surface area is 172 Å². The van der Waals surface area contributed by atoms with Crippen molar-refractivity contribution in [3.8, 4) is 5.75 Å². The van der Waals surface area contributed by atoms with E-state index >= 15 is 0 Å². The minimum Gasteiger partial charge on any atom is -0.486 e. The number of nitrogens with one attached hydrogen (secondary N) is 1. The molecule has 2 aromatic carbocycles. The van der Waals surface area contributed by atoms with Crippen molar-refractivity contribution in [2.45, 2.75) is 25.6 Å². The van der Waals surface area contributed by atoms with E-state index in [1.807, 2.05) is 26.0 Å². The Morgan fingerprint density at radius 2 is 1.86 bits per heavy atom. The number of nitrogens with zero attached hydrogens (tertiary/aromatic N) is 3. The van der Waals surface area contributed by atoms with Gasteiger partial charge in [-0.1, -0.05) is 29.4 Å². The van der Waals surface area contributed by atoms with Gasteiger partial charge in [-0.05, 0) is 61.4 Å². The van der Waals surface area contributed by atoms with Gasteiger partial charge in [-0.3, -0.25) is 4.79 Å². The van der Waals surface area contributed by atoms with Gasteiger partial charge < -0.3 is 15.9 Å². The van der Waals surface area contributed by atoms with Crippen LogP contribution in [0.4, 0.5) is 5.69 Å². The number of anilines is 1. The van der Waals surface area contributed by atoms with Crippen LogP contribution >= 0.6 is 23.4 Å². The largest absolute Gasteiger partial charge is 0.486 e. The first-order valence-corrected chi connectivity index (χ1v) is 9.86. The number of aromatic nitrogens is 3. The first kappa shape index (κ1) is 20.0. The summed E-state index contributed by atoms with van der Waals surface area (Å²) in [5.41, 5.74) is 2.96. The Bertz CT molecular complexity index is 955. The van der Waals surface area contributed by atoms with Crippen LogP contribution in [-0.4, -0.2) is 26.5 Å². The molecule has 0 aliphatic carbocycles. The zero-order chi connectivity index (χ0) is 20.1. The molecule has 3 rings (SSSR count). The van der Waals surface area contributed by atoms with Gasteiger partial charge in [-0.15, -0.1) is 10.2 Å². The van der Waals surface area contributed by atoms with Gasteiger partial charge in [0.15, 0.2) is 5.82 Å². The Morgan fingerprint density at radius 1 is 1.18 bits per heavy atom. The Hall–Kier alpha value is -2.71. The number of aryl methyl sites for hydroxylation is 2. The van der Waals surface area contributed by atoms with Crippen molar-refractivity contribution in [3.63, 3.8) is 0 Å². The third kappa shape index (κ3) is 5.40. The average Bonchev–Trinajstić information content (AvgIpc) is 2.98. The van der Waals surface area contributed by atoms with Crippen molar-refractivity contribution in [3.05, 3.63) is 64.4 Å². The molecule has 7 nitrogen and oxygen atoms in total. The molecule has 0 atom stereocenters. The van der Waals surface area contributed by atoms with E-state index in [1.165, 1.54) is 16.4 Å². The number of carbonyl (C=O) groups excluding carboxylic acids is 1. The van der Waals surface area contributed by atoms with Crippen molar-refractivity contribution in [1.82, 2.24) is 14.9 Å². The SMILES string of the molecule is Cc1cc(C)cc(NC(=O)CSc2nnc(COc3ccc(Cl)cc3)n2N)c1. The molecule has 0 bridgehead atoms. The van der Waals surface area contributed by atoms with Gasteiger partial charge in [0.05, 0.1) is 5.75 Å². The number of nitrogens with two attached hydrogens (primary N) is 1. The number of hydrogen-bond donors (Lipinski definition) is 2. The molecule has 0 aliphatic rings. The summed E-state index contributed by atoms with van der Waals surface area (Å²) in [6, 6.07) is 12.9. The minimum atomic E-state index is -0.142. The van der Waals surface area contributed by atoms with Gasteiger partial charge in [-0.2, -0.15) is 0 Å². The summed E-state index contributed by atoms with van der Waals surface area (Å²) in [5.74, 6) is 7.13. The molecule has 0 radical (unpaired) electrons. The lowest BCUT2D eigenvalue weighted by atomic mass is 10.1. The Morgan fingerprint density at radius 3 is 2.54 bits per heavy atom. The van der Waals surface area contributed by atoms with E-state index in [9.17, 15) is 4.79 Å². The Balaban J connectivity index is 1.53. The fourth-order valence-electron chi connectivity index (χ4n) is 2.56. The van der Waals surface area contributed by atoms with E-state index in [0.29, 0.717) is 21.8 Å². The first-order valence-electron chi connectivity index (χ1n) is 8.49. The first-order chi connectivity index (χ1) is 13.4. The summed E-state index contributed by atoms with van der Waals surface area (Å²) >= 11 is 7.05. The summed E-state index contributed by atoms with van der Waals surface area (Å²) in [4.78, 5) is 12.2. The maximum atomic E-state index is 12.2. The number of hydrogen-bond acceptors (Lipinski definition) is 6. The number of amides is 1. The van der Waals surface area contributed by atoms with E-state index < -0.39 is 0 Å². The summed E-state index contributed by atoms with van der Waals surface area (Å²) in [7, 11) is 0. The average molecular weight is 418 g/mol. The molecule has 0 aliphatic heterocycles. The van der Waals surface area contributed by atoms with Crippen LogP contribution in [0.15, 0.2) is 47.6 Å². The van der Waals surface area contributed by atoms with Crippen LogP contribution in [0.3, 0.4) is 0 Å². The monoisotopic (exact) mass is 417 g/mol. The molecule has 0 unspecified atom stereocenters. The van der Waals surface area contributed by atoms with Crippen LogP contribution in [0.1, 0.15) is 17.0 Å². The molecule has 3 aromatic rings. The molecule has 28 heavy (non-hydrogen) atoms. The molecule has 9 heteroatoms. The number of rotatable bonds is 7. The van der Waals surface area contributed by atoms with E-state index in [0.717, 1.165) is 16.8 Å². The number of benzene rings is 2. The lowest BCUT2D eigenvalue weighted by Crippen LogP contribution is -2.18. The van der Waals surface area contributed by atoms with Crippen LogP contribution in [-0.2, 0) is 11.4 Å². The highest BCUT2D eigenvalue weighted by molar-refractivity contribution is 7.99. The van der Waals surface area contributed by atoms with Crippen molar-refractivity contribution in [2.75, 3.05) is 16.9 Å². The molecular weight excluding hydrogens is 398 g/mol. The molecule has 1 heterocycles. The second kappa shape index (κ2) is 8.99. The minimum absolute atomic E-state index is 0.142. The van der Waals surface area contributed by atoms with Crippen LogP contribution in [0, 0.1) is 13.8 Å². The molecule has 0 saturated carbocycles. The highest BCUT2D eigenvalue weighted by Gasteiger charge is 2.13. The topological polar surface area (TPSA) is 95.1 Å². The van der Waals surface area contributed by atoms with Gasteiger partial charge in [0, 0.05) is 10.7 Å². The normalized spacial score (nSPS) is 10.7. The zero-order valence-electron chi connectivity index (χ0n) is 15.5. The maximum absolute atomic E-state index is 12.2. The maximum Gasteiger partial charge on any atom is 0.234 e. The second-order valence-corrected chi connectivity index (χ2v) is 7.60. The fraction of sp³-hybridized carbons (Fsp3) is 0.211. The predicted molar refractivity (Wildman–Crippen MR) is 111 cm³/mol. The van der Waals surface area contributed by atoms with E-state index in [2.05, 4.69) is 21.6 Å². The zero-order valence-corrected chi connectivity index (χ0v) is 17.0. The van der Waals surface area contributed by atoms with Crippen LogP contribution in [0.5, 0.6) is 5.75 Å². The molecule has 146 valence electrons. The molecule has 1 amide bonds. The van der Waals surface area contributed by atoms with Crippen molar-refractivity contribution >= 4 is 35.0 Å². The highest BCUT2D eigenvalue weighted by atomic mass is 35.5. The quantitative estimate of drug-likeness (QED) is 0.450. The van der Waals surface area contributed by atoms with Crippen LogP contribution < -0.4 is 15.9 Å². The standard InChI is InChI=1S/C19H20ClN5O2S/c1-12-7-13(2)9-15(8-12)22-18(26)11-28-19-24-23-17(25(19)21)10-27-16-5-3-14(20)4-6-16/h3-9H,10-11,21H2,1-2H3,(H,22,26). The van der Waals surface area contributed by atoms with Gasteiger partial charge in [0.25, 0.3) is 0 Å². The van der Waals surface area contributed by atoms with Gasteiger partial charge in [0.1, 0.15) is 12.4 Å². The second-order valence-electron chi connectivity index (χ2n) is 6.22. The molecule has 3 N–H and O–H groups in total. The molecule has 1 aromatic heterocycles. The number of thioether (sulfide) groups is 1. The van der Waals surface area contributed by atoms with E-state index in [-0.39, 0.29) is 18.3 Å². The molecule has 0 saturated heterocycles. The highest BCUT2D eigenvalue weighted by Crippen LogP contribution is 2.19. The van der Waals surface area contributed by atoms with E-state index in [4.69, 9.17) is 22.2 Å². The smallest absolute Gasteiger partial charge is 0.234 e. The lowest BCUT2D eigenvalue weighted by Gasteiger charge is -2.08. The van der Waals surface area contributed by atoms with Crippen molar-refractivity contribution < 1.29 is 9.53 Å². The van der Waals surface area contributed by atoms with Crippen molar-refractivity contribution in [1.29, 1.82) is 0 Å². The number of carbonyl (C=O) groups is 1. The summed E-state index contributed by atoms with van der Waals surface area (Å²) in [6.07, 6.45) is 0. The molecule has 0 spiro atoms. The number of halogens is 1. The Kier molecular flexibility index (Phi) is 6.43. The predicted octanol–water partition coefficient (Wildman–Crippen LogP) is 3.57. The van der Waals surface area contributed by atoms with Gasteiger partial charge >= 0.3 is 0 Å². The van der Waals surface area contributed by atoms with E-state index in [1.54, 1.807) is 24.3 Å². The van der Waals surface area contributed by atoms with Gasteiger partial charge in [0.2, 0.25) is 11.1 Å². The molecule has 0 fully saturated rings. The number of ether oxygens (including phenoxy) is 1. The summed E-state index contributed by atoms with van der Waals surface area (Å²) in [6.45, 7) is 4.13. The van der Waals surface area contributed by atoms with Crippen LogP contribution in [0.25, 0.3) is 0 Å². The third-order valence-electron chi connectivity index (χ3n) is 3.75. The fourth-order valence-corrected chi connectivity index (χ4v) is 3.36. The summed E-state index contributed by atoms with van der Waals surface area (Å²) < 4.78 is 6.94. The number of nitrogen functional groups attached to an aromatic ring is 1.